The van der Waals surface area contributed by atoms with Gasteiger partial charge in [-0.25, -0.2) is 4.98 Å². The van der Waals surface area contributed by atoms with E-state index in [9.17, 15) is 4.79 Å². The lowest BCUT2D eigenvalue weighted by Crippen LogP contribution is -2.28. The van der Waals surface area contributed by atoms with Gasteiger partial charge in [-0.1, -0.05) is 42.5 Å². The van der Waals surface area contributed by atoms with E-state index in [-0.39, 0.29) is 12.5 Å². The number of nitrogens with zero attached hydrogens (tertiary/aromatic N) is 1. The molecule has 1 N–H and O–H groups in total. The molecule has 0 aliphatic heterocycles. The number of para-hydroxylation sites is 3. The van der Waals surface area contributed by atoms with Crippen molar-refractivity contribution < 1.29 is 13.9 Å². The molecule has 1 aromatic heterocycles. The first-order valence-corrected chi connectivity index (χ1v) is 9.09. The third kappa shape index (κ3) is 4.04. The van der Waals surface area contributed by atoms with Crippen LogP contribution in [0.5, 0.6) is 5.75 Å². The quantitative estimate of drug-likeness (QED) is 0.541. The lowest BCUT2D eigenvalue weighted by atomic mass is 10.1. The van der Waals surface area contributed by atoms with Crippen molar-refractivity contribution >= 4 is 17.0 Å². The molecular weight excluding hydrogens is 352 g/mol. The summed E-state index contributed by atoms with van der Waals surface area (Å²) in [5.74, 6) is 1.15. The molecule has 0 atom stereocenters. The number of hydrogen-bond acceptors (Lipinski definition) is 4. The van der Waals surface area contributed by atoms with Crippen LogP contribution in [0.2, 0.25) is 0 Å². The number of ether oxygens (including phenoxy) is 1. The van der Waals surface area contributed by atoms with Crippen LogP contribution in [0.1, 0.15) is 11.1 Å². The summed E-state index contributed by atoms with van der Waals surface area (Å²) in [5.41, 5.74) is 4.49. The highest BCUT2D eigenvalue weighted by molar-refractivity contribution is 5.78. The first kappa shape index (κ1) is 17.8. The number of oxazole rings is 1. The molecule has 0 radical (unpaired) electrons. The minimum Gasteiger partial charge on any atom is -0.484 e. The Morgan fingerprint density at radius 2 is 1.75 bits per heavy atom. The highest BCUT2D eigenvalue weighted by Crippen LogP contribution is 2.24. The minimum atomic E-state index is -0.161. The van der Waals surface area contributed by atoms with E-state index < -0.39 is 0 Å². The molecule has 0 aliphatic rings. The lowest BCUT2D eigenvalue weighted by Gasteiger charge is -2.09. The van der Waals surface area contributed by atoms with Crippen molar-refractivity contribution in [2.45, 2.75) is 13.5 Å². The Bertz CT molecular complexity index is 1070. The topological polar surface area (TPSA) is 64.4 Å². The Labute approximate surface area is 163 Å². The Kier molecular flexibility index (Phi) is 5.06. The van der Waals surface area contributed by atoms with E-state index in [0.717, 1.165) is 33.5 Å². The van der Waals surface area contributed by atoms with Crippen LogP contribution in [0.4, 0.5) is 0 Å². The van der Waals surface area contributed by atoms with Crippen LogP contribution in [0.15, 0.2) is 77.2 Å². The normalized spacial score (nSPS) is 10.8. The van der Waals surface area contributed by atoms with Gasteiger partial charge in [-0.3, -0.25) is 4.79 Å². The van der Waals surface area contributed by atoms with E-state index in [1.54, 1.807) is 0 Å². The molecule has 28 heavy (non-hydrogen) atoms. The van der Waals surface area contributed by atoms with Crippen molar-refractivity contribution in [1.29, 1.82) is 0 Å². The molecule has 0 saturated carbocycles. The number of hydrogen-bond donors (Lipinski definition) is 1. The molecule has 0 spiro atoms. The number of carbonyl (C=O) groups is 1. The molecular formula is C23H20N2O3. The third-order valence-electron chi connectivity index (χ3n) is 4.44. The monoisotopic (exact) mass is 372 g/mol. The van der Waals surface area contributed by atoms with E-state index in [4.69, 9.17) is 9.15 Å². The number of nitrogens with one attached hydrogen (secondary N) is 1. The number of aromatic nitrogens is 1. The second-order valence-corrected chi connectivity index (χ2v) is 6.51. The Balaban J connectivity index is 1.33. The van der Waals surface area contributed by atoms with E-state index in [0.29, 0.717) is 12.4 Å². The lowest BCUT2D eigenvalue weighted by molar-refractivity contribution is -0.123. The van der Waals surface area contributed by atoms with Gasteiger partial charge in [-0.15, -0.1) is 0 Å². The Hall–Kier alpha value is -3.60. The summed E-state index contributed by atoms with van der Waals surface area (Å²) in [5, 5.41) is 2.87. The number of aryl methyl sites for hydroxylation is 1. The smallest absolute Gasteiger partial charge is 0.258 e. The second-order valence-electron chi connectivity index (χ2n) is 6.51. The van der Waals surface area contributed by atoms with Gasteiger partial charge in [0.1, 0.15) is 11.3 Å². The predicted molar refractivity (Wildman–Crippen MR) is 108 cm³/mol. The van der Waals surface area contributed by atoms with Crippen LogP contribution in [0, 0.1) is 6.92 Å². The van der Waals surface area contributed by atoms with E-state index in [1.807, 2.05) is 79.7 Å². The van der Waals surface area contributed by atoms with Crippen molar-refractivity contribution in [2.24, 2.45) is 0 Å². The molecule has 4 rings (SSSR count). The fourth-order valence-corrected chi connectivity index (χ4v) is 2.87. The minimum absolute atomic E-state index is 0.00809. The average molecular weight is 372 g/mol. The van der Waals surface area contributed by atoms with E-state index in [2.05, 4.69) is 10.3 Å². The van der Waals surface area contributed by atoms with Crippen molar-refractivity contribution in [3.63, 3.8) is 0 Å². The zero-order valence-corrected chi connectivity index (χ0v) is 15.5. The van der Waals surface area contributed by atoms with Crippen LogP contribution >= 0.6 is 0 Å². The molecule has 4 aromatic rings. The molecule has 0 aliphatic carbocycles. The van der Waals surface area contributed by atoms with Crippen LogP contribution in [-0.2, 0) is 11.3 Å². The van der Waals surface area contributed by atoms with Crippen LogP contribution < -0.4 is 10.1 Å². The number of rotatable bonds is 6. The van der Waals surface area contributed by atoms with Crippen LogP contribution in [0.3, 0.4) is 0 Å². The number of benzene rings is 3. The van der Waals surface area contributed by atoms with Gasteiger partial charge in [0, 0.05) is 12.1 Å². The molecule has 0 fully saturated rings. The largest absolute Gasteiger partial charge is 0.484 e. The third-order valence-corrected chi connectivity index (χ3v) is 4.44. The molecule has 1 heterocycles. The highest BCUT2D eigenvalue weighted by Gasteiger charge is 2.08. The predicted octanol–water partition coefficient (Wildman–Crippen LogP) is 4.50. The second kappa shape index (κ2) is 7.96. The van der Waals surface area contributed by atoms with Crippen molar-refractivity contribution in [3.8, 4) is 17.2 Å². The molecule has 0 saturated heterocycles. The zero-order chi connectivity index (χ0) is 19.3. The number of fused-ring (bicyclic) bond motifs is 1. The maximum Gasteiger partial charge on any atom is 0.258 e. The molecule has 140 valence electrons. The maximum absolute atomic E-state index is 12.0. The molecule has 5 nitrogen and oxygen atoms in total. The summed E-state index contributed by atoms with van der Waals surface area (Å²) in [6, 6.07) is 23.1. The summed E-state index contributed by atoms with van der Waals surface area (Å²) < 4.78 is 11.3. The maximum atomic E-state index is 12.0. The Morgan fingerprint density at radius 1 is 1.00 bits per heavy atom. The zero-order valence-electron chi connectivity index (χ0n) is 15.5. The SMILES string of the molecule is Cc1ccccc1OCC(=O)NCc1ccc(-c2nc3ccccc3o2)cc1. The van der Waals surface area contributed by atoms with Crippen LogP contribution in [-0.4, -0.2) is 17.5 Å². The average Bonchev–Trinajstić information content (AvgIpc) is 3.16. The highest BCUT2D eigenvalue weighted by atomic mass is 16.5. The van der Waals surface area contributed by atoms with Crippen LogP contribution in [0.25, 0.3) is 22.6 Å². The number of carbonyl (C=O) groups excluding carboxylic acids is 1. The van der Waals surface area contributed by atoms with Crippen molar-refractivity contribution in [2.75, 3.05) is 6.61 Å². The van der Waals surface area contributed by atoms with Gasteiger partial charge in [-0.05, 0) is 48.4 Å². The first-order valence-electron chi connectivity index (χ1n) is 9.09. The fraction of sp³-hybridized carbons (Fsp3) is 0.130. The summed E-state index contributed by atoms with van der Waals surface area (Å²) >= 11 is 0. The molecule has 0 unspecified atom stereocenters. The van der Waals surface area contributed by atoms with E-state index in [1.165, 1.54) is 0 Å². The Morgan fingerprint density at radius 3 is 2.54 bits per heavy atom. The van der Waals surface area contributed by atoms with Gasteiger partial charge >= 0.3 is 0 Å². The molecule has 3 aromatic carbocycles. The van der Waals surface area contributed by atoms with Gasteiger partial charge in [0.2, 0.25) is 5.89 Å². The molecule has 1 amide bonds. The summed E-state index contributed by atoms with van der Waals surface area (Å²) in [7, 11) is 0. The molecule has 5 heteroatoms. The van der Waals surface area contributed by atoms with Gasteiger partial charge in [0.15, 0.2) is 12.2 Å². The van der Waals surface area contributed by atoms with Gasteiger partial charge in [0.25, 0.3) is 5.91 Å². The fourth-order valence-electron chi connectivity index (χ4n) is 2.87. The van der Waals surface area contributed by atoms with E-state index >= 15 is 0 Å². The van der Waals surface area contributed by atoms with Crippen molar-refractivity contribution in [3.05, 3.63) is 83.9 Å². The van der Waals surface area contributed by atoms with Gasteiger partial charge < -0.3 is 14.5 Å². The van der Waals surface area contributed by atoms with Crippen molar-refractivity contribution in [1.82, 2.24) is 10.3 Å². The summed E-state index contributed by atoms with van der Waals surface area (Å²) in [6.45, 7) is 2.38. The standard InChI is InChI=1S/C23H20N2O3/c1-16-6-2-4-8-20(16)27-15-22(26)24-14-17-10-12-18(13-11-17)23-25-19-7-3-5-9-21(19)28-23/h2-13H,14-15H2,1H3,(H,24,26). The van der Waals surface area contributed by atoms with Gasteiger partial charge in [0.05, 0.1) is 0 Å². The first-order chi connectivity index (χ1) is 13.7. The van der Waals surface area contributed by atoms with Gasteiger partial charge in [-0.2, -0.15) is 0 Å². The summed E-state index contributed by atoms with van der Waals surface area (Å²) in [4.78, 5) is 16.5. The molecule has 0 bridgehead atoms. The summed E-state index contributed by atoms with van der Waals surface area (Å²) in [6.07, 6.45) is 0. The number of amides is 1.